The van der Waals surface area contributed by atoms with Crippen LogP contribution in [-0.4, -0.2) is 53.7 Å². The van der Waals surface area contributed by atoms with Gasteiger partial charge in [-0.25, -0.2) is 4.79 Å². The fraction of sp³-hybridized carbons (Fsp3) is 0.588. The topological polar surface area (TPSA) is 68.7 Å². The van der Waals surface area contributed by atoms with Crippen molar-refractivity contribution in [3.8, 4) is 0 Å². The van der Waals surface area contributed by atoms with Gasteiger partial charge in [-0.3, -0.25) is 9.78 Å². The molecule has 6 heteroatoms. The Labute approximate surface area is 136 Å². The van der Waals surface area contributed by atoms with Crippen molar-refractivity contribution in [2.24, 2.45) is 0 Å². The number of rotatable bonds is 7. The van der Waals surface area contributed by atoms with Gasteiger partial charge in [0.15, 0.2) is 0 Å². The predicted octanol–water partition coefficient (Wildman–Crippen LogP) is 1.58. The number of carbonyl (C=O) groups is 2. The SMILES string of the molecule is CCCC(C(=O)OCC)N1CCOC(Cc2ccncc2)C1=O. The highest BCUT2D eigenvalue weighted by Gasteiger charge is 2.37. The van der Waals surface area contributed by atoms with Gasteiger partial charge >= 0.3 is 5.97 Å². The quantitative estimate of drug-likeness (QED) is 0.714. The molecule has 2 rings (SSSR count). The van der Waals surface area contributed by atoms with Gasteiger partial charge in [-0.1, -0.05) is 13.3 Å². The maximum atomic E-state index is 12.7. The van der Waals surface area contributed by atoms with E-state index in [1.165, 1.54) is 0 Å². The Hall–Kier alpha value is -1.95. The lowest BCUT2D eigenvalue weighted by atomic mass is 10.0. The van der Waals surface area contributed by atoms with Crippen molar-refractivity contribution in [3.63, 3.8) is 0 Å². The van der Waals surface area contributed by atoms with Crippen molar-refractivity contribution >= 4 is 11.9 Å². The van der Waals surface area contributed by atoms with Crippen LogP contribution in [0.25, 0.3) is 0 Å². The number of morpholine rings is 1. The fourth-order valence-corrected chi connectivity index (χ4v) is 2.76. The molecule has 0 bridgehead atoms. The molecule has 1 aliphatic heterocycles. The molecule has 23 heavy (non-hydrogen) atoms. The van der Waals surface area contributed by atoms with Gasteiger partial charge in [-0.15, -0.1) is 0 Å². The zero-order valence-electron chi connectivity index (χ0n) is 13.7. The van der Waals surface area contributed by atoms with Crippen LogP contribution in [0.3, 0.4) is 0 Å². The Bertz CT molecular complexity index is 521. The van der Waals surface area contributed by atoms with Crippen LogP contribution in [0.2, 0.25) is 0 Å². The lowest BCUT2D eigenvalue weighted by molar-refractivity contribution is -0.166. The number of ether oxygens (including phenoxy) is 2. The number of hydrogen-bond acceptors (Lipinski definition) is 5. The fourth-order valence-electron chi connectivity index (χ4n) is 2.76. The van der Waals surface area contributed by atoms with Gasteiger partial charge in [0.2, 0.25) is 0 Å². The summed E-state index contributed by atoms with van der Waals surface area (Å²) < 4.78 is 10.8. The minimum absolute atomic E-state index is 0.139. The average molecular weight is 320 g/mol. The minimum Gasteiger partial charge on any atom is -0.464 e. The molecule has 0 radical (unpaired) electrons. The first kappa shape index (κ1) is 17.4. The summed E-state index contributed by atoms with van der Waals surface area (Å²) in [5.41, 5.74) is 0.989. The van der Waals surface area contributed by atoms with E-state index in [9.17, 15) is 9.59 Å². The summed E-state index contributed by atoms with van der Waals surface area (Å²) in [6, 6.07) is 3.21. The lowest BCUT2D eigenvalue weighted by Gasteiger charge is -2.36. The first-order valence-electron chi connectivity index (χ1n) is 8.15. The molecular weight excluding hydrogens is 296 g/mol. The maximum absolute atomic E-state index is 12.7. The molecule has 1 aromatic heterocycles. The lowest BCUT2D eigenvalue weighted by Crippen LogP contribution is -2.55. The third kappa shape index (κ3) is 4.51. The summed E-state index contributed by atoms with van der Waals surface area (Å²) in [4.78, 5) is 30.5. The predicted molar refractivity (Wildman–Crippen MR) is 84.7 cm³/mol. The minimum atomic E-state index is -0.556. The number of hydrogen-bond donors (Lipinski definition) is 0. The number of aromatic nitrogens is 1. The molecule has 2 heterocycles. The average Bonchev–Trinajstić information content (AvgIpc) is 2.56. The second-order valence-electron chi connectivity index (χ2n) is 5.51. The molecule has 126 valence electrons. The summed E-state index contributed by atoms with van der Waals surface area (Å²) in [6.45, 7) is 4.94. The molecule has 0 spiro atoms. The van der Waals surface area contributed by atoms with E-state index in [0.717, 1.165) is 12.0 Å². The van der Waals surface area contributed by atoms with E-state index < -0.39 is 12.1 Å². The molecule has 0 aliphatic carbocycles. The third-order valence-electron chi connectivity index (χ3n) is 3.88. The second-order valence-corrected chi connectivity index (χ2v) is 5.51. The van der Waals surface area contributed by atoms with Gasteiger partial charge in [0.05, 0.1) is 13.2 Å². The van der Waals surface area contributed by atoms with Gasteiger partial charge in [-0.2, -0.15) is 0 Å². The number of amides is 1. The molecule has 2 unspecified atom stereocenters. The molecule has 0 saturated carbocycles. The van der Waals surface area contributed by atoms with Crippen LogP contribution in [0.4, 0.5) is 0 Å². The van der Waals surface area contributed by atoms with Crippen LogP contribution in [0.15, 0.2) is 24.5 Å². The molecule has 2 atom stereocenters. The van der Waals surface area contributed by atoms with Crippen LogP contribution in [0.5, 0.6) is 0 Å². The monoisotopic (exact) mass is 320 g/mol. The van der Waals surface area contributed by atoms with Crippen LogP contribution < -0.4 is 0 Å². The molecule has 1 saturated heterocycles. The van der Waals surface area contributed by atoms with Crippen molar-refractivity contribution in [2.75, 3.05) is 19.8 Å². The van der Waals surface area contributed by atoms with Gasteiger partial charge in [0, 0.05) is 25.4 Å². The summed E-state index contributed by atoms with van der Waals surface area (Å²) in [5.74, 6) is -0.466. The third-order valence-corrected chi connectivity index (χ3v) is 3.88. The van der Waals surface area contributed by atoms with Crippen molar-refractivity contribution in [1.29, 1.82) is 0 Å². The van der Waals surface area contributed by atoms with E-state index >= 15 is 0 Å². The summed E-state index contributed by atoms with van der Waals surface area (Å²) in [6.07, 6.45) is 4.73. The Kier molecular flexibility index (Phi) is 6.52. The van der Waals surface area contributed by atoms with Crippen LogP contribution >= 0.6 is 0 Å². The zero-order valence-corrected chi connectivity index (χ0v) is 13.7. The van der Waals surface area contributed by atoms with E-state index in [1.54, 1.807) is 24.2 Å². The van der Waals surface area contributed by atoms with E-state index in [-0.39, 0.29) is 11.9 Å². The van der Waals surface area contributed by atoms with Gasteiger partial charge in [0.1, 0.15) is 12.1 Å². The molecule has 0 N–H and O–H groups in total. The normalized spacial score (nSPS) is 19.5. The van der Waals surface area contributed by atoms with E-state index in [4.69, 9.17) is 9.47 Å². The Morgan fingerprint density at radius 1 is 1.43 bits per heavy atom. The van der Waals surface area contributed by atoms with Crippen LogP contribution in [0.1, 0.15) is 32.3 Å². The highest BCUT2D eigenvalue weighted by Crippen LogP contribution is 2.18. The van der Waals surface area contributed by atoms with Crippen LogP contribution in [-0.2, 0) is 25.5 Å². The first-order valence-corrected chi connectivity index (χ1v) is 8.15. The van der Waals surface area contributed by atoms with Gasteiger partial charge in [0.25, 0.3) is 5.91 Å². The highest BCUT2D eigenvalue weighted by molar-refractivity contribution is 5.87. The standard InChI is InChI=1S/C17H24N2O4/c1-3-5-14(17(21)22-4-2)19-10-11-23-15(16(19)20)12-13-6-8-18-9-7-13/h6-9,14-15H,3-5,10-12H2,1-2H3. The van der Waals surface area contributed by atoms with Crippen molar-refractivity contribution in [1.82, 2.24) is 9.88 Å². The van der Waals surface area contributed by atoms with Crippen LogP contribution in [0, 0.1) is 0 Å². The van der Waals surface area contributed by atoms with E-state index in [1.807, 2.05) is 19.1 Å². The highest BCUT2D eigenvalue weighted by atomic mass is 16.5. The molecule has 1 amide bonds. The number of pyridine rings is 1. The maximum Gasteiger partial charge on any atom is 0.328 e. The molecule has 1 aliphatic rings. The molecular formula is C17H24N2O4. The summed E-state index contributed by atoms with van der Waals surface area (Å²) >= 11 is 0. The van der Waals surface area contributed by atoms with E-state index in [2.05, 4.69) is 4.98 Å². The zero-order chi connectivity index (χ0) is 16.7. The Morgan fingerprint density at radius 3 is 2.83 bits per heavy atom. The van der Waals surface area contributed by atoms with Crippen molar-refractivity contribution in [2.45, 2.75) is 45.3 Å². The number of nitrogens with zero attached hydrogens (tertiary/aromatic N) is 2. The molecule has 1 fully saturated rings. The largest absolute Gasteiger partial charge is 0.464 e. The van der Waals surface area contributed by atoms with Crippen molar-refractivity contribution < 1.29 is 19.1 Å². The van der Waals surface area contributed by atoms with Gasteiger partial charge in [-0.05, 0) is 31.0 Å². The molecule has 1 aromatic rings. The van der Waals surface area contributed by atoms with E-state index in [0.29, 0.717) is 32.6 Å². The smallest absolute Gasteiger partial charge is 0.328 e. The summed E-state index contributed by atoms with van der Waals surface area (Å²) in [5, 5.41) is 0. The first-order chi connectivity index (χ1) is 11.2. The van der Waals surface area contributed by atoms with Gasteiger partial charge < -0.3 is 14.4 Å². The Morgan fingerprint density at radius 2 is 2.17 bits per heavy atom. The molecule has 0 aromatic carbocycles. The number of carbonyl (C=O) groups excluding carboxylic acids is 2. The summed E-state index contributed by atoms with van der Waals surface area (Å²) in [7, 11) is 0. The second kappa shape index (κ2) is 8.62. The Balaban J connectivity index is 2.09. The number of esters is 1. The molecule has 6 nitrogen and oxygen atoms in total. The van der Waals surface area contributed by atoms with Crippen molar-refractivity contribution in [3.05, 3.63) is 30.1 Å².